The van der Waals surface area contributed by atoms with Crippen molar-refractivity contribution >= 4 is 16.9 Å². The van der Waals surface area contributed by atoms with Gasteiger partial charge in [0.1, 0.15) is 5.82 Å². The molecule has 0 spiro atoms. The lowest BCUT2D eigenvalue weighted by molar-refractivity contribution is 0.0953. The van der Waals surface area contributed by atoms with Gasteiger partial charge in [-0.05, 0) is 37.6 Å². The monoisotopic (exact) mass is 334 g/mol. The van der Waals surface area contributed by atoms with Gasteiger partial charge in [0.25, 0.3) is 5.91 Å². The highest BCUT2D eigenvalue weighted by atomic mass is 16.1. The molecule has 0 bridgehead atoms. The van der Waals surface area contributed by atoms with E-state index in [2.05, 4.69) is 27.5 Å². The molecule has 3 aromatic rings. The molecule has 128 valence electrons. The highest BCUT2D eigenvalue weighted by Gasteiger charge is 2.10. The molecule has 0 aliphatic rings. The minimum Gasteiger partial charge on any atom is -0.352 e. The first-order chi connectivity index (χ1) is 12.1. The third kappa shape index (κ3) is 4.12. The number of pyridine rings is 1. The Balaban J connectivity index is 1.63. The lowest BCUT2D eigenvalue weighted by atomic mass is 10.2. The number of benzene rings is 1. The summed E-state index contributed by atoms with van der Waals surface area (Å²) in [5.74, 6) is 0.934. The van der Waals surface area contributed by atoms with Gasteiger partial charge < -0.3 is 9.88 Å². The van der Waals surface area contributed by atoms with Crippen molar-refractivity contribution in [1.82, 2.24) is 19.9 Å². The predicted molar refractivity (Wildman–Crippen MR) is 99.4 cm³/mol. The zero-order valence-electron chi connectivity index (χ0n) is 14.4. The third-order valence-electron chi connectivity index (χ3n) is 3.95. The summed E-state index contributed by atoms with van der Waals surface area (Å²) in [4.78, 5) is 20.7. The number of hydrogen-bond donors (Lipinski definition) is 1. The molecule has 0 saturated carbocycles. The van der Waals surface area contributed by atoms with E-state index in [4.69, 9.17) is 4.98 Å². The van der Waals surface area contributed by atoms with Crippen LogP contribution >= 0.6 is 0 Å². The van der Waals surface area contributed by atoms with Crippen LogP contribution in [0.4, 0.5) is 0 Å². The SMILES string of the molecule is C=C(C)Cn1c(CCCNC(=O)c2cccnc2)nc2ccccc21. The van der Waals surface area contributed by atoms with Crippen LogP contribution in [-0.4, -0.2) is 27.0 Å². The first kappa shape index (κ1) is 16.9. The molecular weight excluding hydrogens is 312 g/mol. The molecule has 25 heavy (non-hydrogen) atoms. The highest BCUT2D eigenvalue weighted by molar-refractivity contribution is 5.93. The molecule has 5 nitrogen and oxygen atoms in total. The van der Waals surface area contributed by atoms with Gasteiger partial charge in [0.15, 0.2) is 0 Å². The van der Waals surface area contributed by atoms with Gasteiger partial charge in [-0.25, -0.2) is 4.98 Å². The fourth-order valence-corrected chi connectivity index (χ4v) is 2.81. The Morgan fingerprint density at radius 1 is 1.24 bits per heavy atom. The topological polar surface area (TPSA) is 59.8 Å². The van der Waals surface area contributed by atoms with Crippen molar-refractivity contribution in [1.29, 1.82) is 0 Å². The Bertz CT molecular complexity index is 883. The van der Waals surface area contributed by atoms with E-state index in [1.807, 2.05) is 25.1 Å². The summed E-state index contributed by atoms with van der Waals surface area (Å²) in [5, 5.41) is 2.93. The van der Waals surface area contributed by atoms with E-state index >= 15 is 0 Å². The maximum absolute atomic E-state index is 12.0. The van der Waals surface area contributed by atoms with E-state index in [1.54, 1.807) is 24.5 Å². The number of rotatable bonds is 7. The fourth-order valence-electron chi connectivity index (χ4n) is 2.81. The van der Waals surface area contributed by atoms with Crippen LogP contribution in [0.3, 0.4) is 0 Å². The van der Waals surface area contributed by atoms with Crippen molar-refractivity contribution in [2.75, 3.05) is 6.54 Å². The number of aryl methyl sites for hydroxylation is 1. The van der Waals surface area contributed by atoms with Crippen molar-refractivity contribution < 1.29 is 4.79 Å². The molecule has 0 fully saturated rings. The fraction of sp³-hybridized carbons (Fsp3) is 0.250. The van der Waals surface area contributed by atoms with Gasteiger partial charge >= 0.3 is 0 Å². The second kappa shape index (κ2) is 7.75. The summed E-state index contributed by atoms with van der Waals surface area (Å²) in [6.07, 6.45) is 4.85. The van der Waals surface area contributed by atoms with Gasteiger partial charge in [-0.15, -0.1) is 0 Å². The Labute approximate surface area is 147 Å². The molecular formula is C20H22N4O. The second-order valence-corrected chi connectivity index (χ2v) is 6.16. The normalized spacial score (nSPS) is 10.8. The minimum atomic E-state index is -0.0939. The molecule has 1 N–H and O–H groups in total. The maximum atomic E-state index is 12.0. The zero-order chi connectivity index (χ0) is 17.6. The molecule has 1 aromatic carbocycles. The first-order valence-electron chi connectivity index (χ1n) is 8.42. The number of aromatic nitrogens is 3. The van der Waals surface area contributed by atoms with Crippen LogP contribution in [0.1, 0.15) is 29.5 Å². The third-order valence-corrected chi connectivity index (χ3v) is 3.95. The van der Waals surface area contributed by atoms with Crippen molar-refractivity contribution in [3.63, 3.8) is 0 Å². The largest absolute Gasteiger partial charge is 0.352 e. The quantitative estimate of drug-likeness (QED) is 0.532. The number of para-hydroxylation sites is 2. The van der Waals surface area contributed by atoms with Crippen LogP contribution in [0, 0.1) is 0 Å². The minimum absolute atomic E-state index is 0.0939. The van der Waals surface area contributed by atoms with Crippen LogP contribution < -0.4 is 5.32 Å². The first-order valence-corrected chi connectivity index (χ1v) is 8.42. The van der Waals surface area contributed by atoms with Gasteiger partial charge in [-0.3, -0.25) is 9.78 Å². The average molecular weight is 334 g/mol. The van der Waals surface area contributed by atoms with Gasteiger partial charge in [0, 0.05) is 31.9 Å². The van der Waals surface area contributed by atoms with E-state index in [0.717, 1.165) is 41.8 Å². The Hall–Kier alpha value is -2.95. The number of allylic oxidation sites excluding steroid dienone is 1. The number of nitrogens with one attached hydrogen (secondary N) is 1. The van der Waals surface area contributed by atoms with Crippen LogP contribution in [-0.2, 0) is 13.0 Å². The summed E-state index contributed by atoms with van der Waals surface area (Å²) in [6.45, 7) is 7.40. The van der Waals surface area contributed by atoms with Crippen LogP contribution in [0.15, 0.2) is 60.9 Å². The molecule has 0 saturated heterocycles. The summed E-state index contributed by atoms with van der Waals surface area (Å²) in [7, 11) is 0. The van der Waals surface area contributed by atoms with E-state index in [0.29, 0.717) is 12.1 Å². The van der Waals surface area contributed by atoms with Crippen molar-refractivity contribution in [3.05, 3.63) is 72.3 Å². The average Bonchev–Trinajstić information content (AvgIpc) is 2.96. The maximum Gasteiger partial charge on any atom is 0.252 e. The standard InChI is InChI=1S/C20H22N4O/c1-15(2)14-24-18-9-4-3-8-17(18)23-19(24)10-6-12-22-20(25)16-7-5-11-21-13-16/h3-5,7-9,11,13H,1,6,10,12,14H2,2H3,(H,22,25). The Morgan fingerprint density at radius 2 is 2.08 bits per heavy atom. The van der Waals surface area contributed by atoms with Crippen molar-refractivity contribution in [2.24, 2.45) is 0 Å². The number of imidazole rings is 1. The van der Waals surface area contributed by atoms with E-state index in [-0.39, 0.29) is 5.91 Å². The highest BCUT2D eigenvalue weighted by Crippen LogP contribution is 2.18. The number of carbonyl (C=O) groups is 1. The Kier molecular flexibility index (Phi) is 5.23. The van der Waals surface area contributed by atoms with Gasteiger partial charge in [-0.2, -0.15) is 0 Å². The van der Waals surface area contributed by atoms with Gasteiger partial charge in [-0.1, -0.05) is 24.3 Å². The number of fused-ring (bicyclic) bond motifs is 1. The van der Waals surface area contributed by atoms with Gasteiger partial charge in [0.2, 0.25) is 0 Å². The molecule has 0 atom stereocenters. The predicted octanol–water partition coefficient (Wildman–Crippen LogP) is 3.37. The number of carbonyl (C=O) groups excluding carboxylic acids is 1. The molecule has 2 heterocycles. The molecule has 5 heteroatoms. The molecule has 3 rings (SSSR count). The van der Waals surface area contributed by atoms with E-state index in [9.17, 15) is 4.79 Å². The molecule has 0 aliphatic heterocycles. The summed E-state index contributed by atoms with van der Waals surface area (Å²) in [6, 6.07) is 11.6. The van der Waals surface area contributed by atoms with E-state index < -0.39 is 0 Å². The summed E-state index contributed by atoms with van der Waals surface area (Å²) < 4.78 is 2.21. The van der Waals surface area contributed by atoms with E-state index in [1.165, 1.54) is 0 Å². The Morgan fingerprint density at radius 3 is 2.84 bits per heavy atom. The number of amides is 1. The van der Waals surface area contributed by atoms with Crippen molar-refractivity contribution in [2.45, 2.75) is 26.3 Å². The molecule has 0 aliphatic carbocycles. The van der Waals surface area contributed by atoms with Crippen molar-refractivity contribution in [3.8, 4) is 0 Å². The molecule has 2 aromatic heterocycles. The summed E-state index contributed by atoms with van der Waals surface area (Å²) >= 11 is 0. The summed E-state index contributed by atoms with van der Waals surface area (Å²) in [5.41, 5.74) is 3.80. The number of nitrogens with zero attached hydrogens (tertiary/aromatic N) is 3. The lowest BCUT2D eigenvalue weighted by Gasteiger charge is -2.09. The van der Waals surface area contributed by atoms with Crippen LogP contribution in [0.5, 0.6) is 0 Å². The van der Waals surface area contributed by atoms with Gasteiger partial charge in [0.05, 0.1) is 16.6 Å². The number of hydrogen-bond acceptors (Lipinski definition) is 3. The zero-order valence-corrected chi connectivity index (χ0v) is 14.4. The molecule has 1 amide bonds. The smallest absolute Gasteiger partial charge is 0.252 e. The van der Waals surface area contributed by atoms with Crippen LogP contribution in [0.25, 0.3) is 11.0 Å². The van der Waals surface area contributed by atoms with Crippen LogP contribution in [0.2, 0.25) is 0 Å². The lowest BCUT2D eigenvalue weighted by Crippen LogP contribution is -2.25. The molecule has 0 radical (unpaired) electrons. The second-order valence-electron chi connectivity index (χ2n) is 6.16. The molecule has 0 unspecified atom stereocenters.